The zero-order chi connectivity index (χ0) is 25.6. The molecule has 192 valence electrons. The highest BCUT2D eigenvalue weighted by Crippen LogP contribution is 2.32. The first-order valence-electron chi connectivity index (χ1n) is 12.5. The van der Waals surface area contributed by atoms with Crippen LogP contribution in [0.3, 0.4) is 0 Å². The molecule has 9 heteroatoms. The normalized spacial score (nSPS) is 14.1. The van der Waals surface area contributed by atoms with Crippen LogP contribution in [0.5, 0.6) is 5.75 Å². The topological polar surface area (TPSA) is 83.6 Å². The van der Waals surface area contributed by atoms with Crippen LogP contribution < -0.4 is 4.74 Å². The van der Waals surface area contributed by atoms with Gasteiger partial charge in [0.05, 0.1) is 31.5 Å². The number of morpholine rings is 1. The smallest absolute Gasteiger partial charge is 0.254 e. The maximum absolute atomic E-state index is 13.9. The minimum absolute atomic E-state index is 0.114. The molecule has 0 saturated carbocycles. The molecule has 1 amide bonds. The number of ether oxygens (including phenoxy) is 2. The number of benzene rings is 2. The van der Waals surface area contributed by atoms with Gasteiger partial charge >= 0.3 is 0 Å². The average molecular weight is 504 g/mol. The predicted molar refractivity (Wildman–Crippen MR) is 139 cm³/mol. The van der Waals surface area contributed by atoms with Crippen molar-refractivity contribution in [1.82, 2.24) is 25.0 Å². The Morgan fingerprint density at radius 1 is 1.16 bits per heavy atom. The van der Waals surface area contributed by atoms with Crippen LogP contribution in [0.2, 0.25) is 0 Å². The third-order valence-corrected chi connectivity index (χ3v) is 6.54. The van der Waals surface area contributed by atoms with Gasteiger partial charge < -0.3 is 14.4 Å². The summed E-state index contributed by atoms with van der Waals surface area (Å²) >= 11 is 0. The minimum Gasteiger partial charge on any atom is -0.493 e. The predicted octanol–water partition coefficient (Wildman–Crippen LogP) is 4.14. The van der Waals surface area contributed by atoms with Crippen LogP contribution in [-0.2, 0) is 11.3 Å². The van der Waals surface area contributed by atoms with Gasteiger partial charge in [0.25, 0.3) is 5.91 Å². The Morgan fingerprint density at radius 2 is 2.03 bits per heavy atom. The standard InChI is InChI=1S/C28H30FN5O3/c1-2-37-26-15-21(6-7-25(26)20-4-3-5-24(29)14-20)28(35)34(9-8-33-10-12-36-13-11-33)19-23-17-30-16-22-18-31-32-27(22)23/h3-7,14-18H,2,8-13,19H2,1H3,(H,31,32). The summed E-state index contributed by atoms with van der Waals surface area (Å²) in [5, 5.41) is 8.06. The molecule has 2 aromatic heterocycles. The van der Waals surface area contributed by atoms with Crippen molar-refractivity contribution in [2.75, 3.05) is 46.0 Å². The lowest BCUT2D eigenvalue weighted by atomic mass is 10.0. The summed E-state index contributed by atoms with van der Waals surface area (Å²) in [5.74, 6) is 0.108. The number of hydrogen-bond acceptors (Lipinski definition) is 6. The minimum atomic E-state index is -0.323. The highest BCUT2D eigenvalue weighted by atomic mass is 19.1. The van der Waals surface area contributed by atoms with Crippen LogP contribution in [-0.4, -0.2) is 76.9 Å². The number of aromatic nitrogens is 3. The maximum atomic E-state index is 13.9. The second-order valence-corrected chi connectivity index (χ2v) is 8.97. The molecule has 0 unspecified atom stereocenters. The molecule has 0 radical (unpaired) electrons. The lowest BCUT2D eigenvalue weighted by Crippen LogP contribution is -2.43. The number of nitrogens with zero attached hydrogens (tertiary/aromatic N) is 4. The number of fused-ring (bicyclic) bond motifs is 1. The molecule has 4 aromatic rings. The van der Waals surface area contributed by atoms with E-state index in [4.69, 9.17) is 9.47 Å². The first kappa shape index (κ1) is 24.9. The van der Waals surface area contributed by atoms with E-state index in [1.165, 1.54) is 12.1 Å². The Morgan fingerprint density at radius 3 is 2.84 bits per heavy atom. The monoisotopic (exact) mass is 503 g/mol. The molecule has 1 N–H and O–H groups in total. The Balaban J connectivity index is 1.44. The van der Waals surface area contributed by atoms with Crippen molar-refractivity contribution in [3.05, 3.63) is 78.0 Å². The zero-order valence-corrected chi connectivity index (χ0v) is 20.8. The third-order valence-electron chi connectivity index (χ3n) is 6.54. The SMILES string of the molecule is CCOc1cc(C(=O)N(CCN2CCOCC2)Cc2cncc3cn[nH]c23)ccc1-c1cccc(F)c1. The van der Waals surface area contributed by atoms with Gasteiger partial charge in [-0.1, -0.05) is 12.1 Å². The van der Waals surface area contributed by atoms with Crippen molar-refractivity contribution in [2.45, 2.75) is 13.5 Å². The van der Waals surface area contributed by atoms with E-state index in [1.54, 1.807) is 36.8 Å². The van der Waals surface area contributed by atoms with E-state index < -0.39 is 0 Å². The van der Waals surface area contributed by atoms with Gasteiger partial charge in [0.2, 0.25) is 0 Å². The number of amides is 1. The molecule has 1 aliphatic heterocycles. The second kappa shape index (κ2) is 11.5. The fraction of sp³-hybridized carbons (Fsp3) is 0.321. The molecule has 0 atom stereocenters. The van der Waals surface area contributed by atoms with Crippen LogP contribution in [0, 0.1) is 5.82 Å². The van der Waals surface area contributed by atoms with Crippen LogP contribution in [0.25, 0.3) is 22.0 Å². The van der Waals surface area contributed by atoms with Crippen LogP contribution in [0.1, 0.15) is 22.8 Å². The first-order valence-corrected chi connectivity index (χ1v) is 12.5. The van der Waals surface area contributed by atoms with E-state index in [9.17, 15) is 9.18 Å². The van der Waals surface area contributed by atoms with Crippen molar-refractivity contribution in [2.24, 2.45) is 0 Å². The third kappa shape index (κ3) is 5.79. The molecule has 0 aliphatic carbocycles. The molecule has 0 bridgehead atoms. The number of aromatic amines is 1. The second-order valence-electron chi connectivity index (χ2n) is 8.97. The fourth-order valence-electron chi connectivity index (χ4n) is 4.59. The summed E-state index contributed by atoms with van der Waals surface area (Å²) in [7, 11) is 0. The van der Waals surface area contributed by atoms with Gasteiger partial charge in [-0.05, 0) is 42.8 Å². The molecule has 1 saturated heterocycles. The van der Waals surface area contributed by atoms with Crippen LogP contribution >= 0.6 is 0 Å². The van der Waals surface area contributed by atoms with Crippen molar-refractivity contribution < 1.29 is 18.7 Å². The van der Waals surface area contributed by atoms with Gasteiger partial charge in [-0.15, -0.1) is 0 Å². The van der Waals surface area contributed by atoms with Gasteiger partial charge in [0.15, 0.2) is 0 Å². The Labute approximate surface area is 215 Å². The van der Waals surface area contributed by atoms with Gasteiger partial charge in [-0.2, -0.15) is 5.10 Å². The lowest BCUT2D eigenvalue weighted by molar-refractivity contribution is 0.0320. The van der Waals surface area contributed by atoms with Gasteiger partial charge in [-0.25, -0.2) is 4.39 Å². The molecule has 1 fully saturated rings. The van der Waals surface area contributed by atoms with Crippen molar-refractivity contribution in [1.29, 1.82) is 0 Å². The van der Waals surface area contributed by atoms with Crippen molar-refractivity contribution in [3.63, 3.8) is 0 Å². The first-order chi connectivity index (χ1) is 18.1. The molecule has 5 rings (SSSR count). The van der Waals surface area contributed by atoms with Crippen molar-refractivity contribution >= 4 is 16.8 Å². The number of H-pyrrole nitrogens is 1. The molecular weight excluding hydrogens is 473 g/mol. The summed E-state index contributed by atoms with van der Waals surface area (Å²) in [6.07, 6.45) is 5.25. The number of carbonyl (C=O) groups is 1. The number of hydrogen-bond donors (Lipinski definition) is 1. The van der Waals surface area contributed by atoms with E-state index in [1.807, 2.05) is 24.0 Å². The summed E-state index contributed by atoms with van der Waals surface area (Å²) < 4.78 is 25.2. The maximum Gasteiger partial charge on any atom is 0.254 e. The molecule has 37 heavy (non-hydrogen) atoms. The van der Waals surface area contributed by atoms with E-state index in [2.05, 4.69) is 20.1 Å². The quantitative estimate of drug-likeness (QED) is 0.370. The van der Waals surface area contributed by atoms with Gasteiger partial charge in [0, 0.05) is 67.2 Å². The Hall–Kier alpha value is -3.82. The summed E-state index contributed by atoms with van der Waals surface area (Å²) in [6, 6.07) is 11.7. The molecule has 8 nitrogen and oxygen atoms in total. The molecule has 0 spiro atoms. The van der Waals surface area contributed by atoms with Gasteiger partial charge in [-0.3, -0.25) is 19.8 Å². The number of rotatable bonds is 9. The highest BCUT2D eigenvalue weighted by Gasteiger charge is 2.22. The average Bonchev–Trinajstić information content (AvgIpc) is 3.41. The molecular formula is C28H30FN5O3. The zero-order valence-electron chi connectivity index (χ0n) is 20.8. The fourth-order valence-corrected chi connectivity index (χ4v) is 4.59. The summed E-state index contributed by atoms with van der Waals surface area (Å²) in [4.78, 5) is 22.3. The number of pyridine rings is 1. The summed E-state index contributed by atoms with van der Waals surface area (Å²) in [6.45, 7) is 7.05. The highest BCUT2D eigenvalue weighted by molar-refractivity contribution is 5.96. The molecule has 3 heterocycles. The van der Waals surface area contributed by atoms with E-state index in [0.29, 0.717) is 49.8 Å². The Bertz CT molecular complexity index is 1370. The van der Waals surface area contributed by atoms with Crippen LogP contribution in [0.4, 0.5) is 4.39 Å². The van der Waals surface area contributed by atoms with E-state index in [0.717, 1.165) is 41.7 Å². The molecule has 2 aromatic carbocycles. The van der Waals surface area contributed by atoms with E-state index >= 15 is 0 Å². The van der Waals surface area contributed by atoms with Crippen molar-refractivity contribution in [3.8, 4) is 16.9 Å². The number of carbonyl (C=O) groups excluding carboxylic acids is 1. The molecule has 1 aliphatic rings. The Kier molecular flexibility index (Phi) is 7.72. The lowest BCUT2D eigenvalue weighted by Gasteiger charge is -2.30. The van der Waals surface area contributed by atoms with Crippen LogP contribution in [0.15, 0.2) is 61.1 Å². The van der Waals surface area contributed by atoms with Gasteiger partial charge in [0.1, 0.15) is 11.6 Å². The van der Waals surface area contributed by atoms with E-state index in [-0.39, 0.29) is 11.7 Å². The summed E-state index contributed by atoms with van der Waals surface area (Å²) in [5.41, 5.74) is 3.71. The number of halogens is 1. The number of nitrogens with one attached hydrogen (secondary N) is 1. The largest absolute Gasteiger partial charge is 0.493 e.